The number of rotatable bonds is 6. The molecule has 0 spiro atoms. The monoisotopic (exact) mass is 263 g/mol. The van der Waals surface area contributed by atoms with Crippen molar-refractivity contribution in [1.82, 2.24) is 5.32 Å². The highest BCUT2D eigenvalue weighted by atomic mass is 16.5. The summed E-state index contributed by atoms with van der Waals surface area (Å²) in [6, 6.07) is 0.588. The van der Waals surface area contributed by atoms with Gasteiger partial charge in [0.1, 0.15) is 0 Å². The minimum atomic E-state index is 0.588. The molecule has 0 aromatic heterocycles. The quantitative estimate of drug-likeness (QED) is 0.785. The van der Waals surface area contributed by atoms with E-state index in [0.717, 1.165) is 30.9 Å². The van der Waals surface area contributed by atoms with E-state index >= 15 is 0 Å². The van der Waals surface area contributed by atoms with Crippen LogP contribution in [0.3, 0.4) is 0 Å². The van der Waals surface area contributed by atoms with Crippen molar-refractivity contribution in [2.75, 3.05) is 13.2 Å². The van der Waals surface area contributed by atoms with Crippen molar-refractivity contribution < 1.29 is 4.74 Å². The first kappa shape index (κ1) is 13.5. The Bertz CT molecular complexity index is 325. The van der Waals surface area contributed by atoms with Crippen molar-refractivity contribution in [2.45, 2.75) is 64.3 Å². The molecule has 0 radical (unpaired) electrons. The molecule has 1 N–H and O–H groups in total. The topological polar surface area (TPSA) is 21.3 Å². The minimum Gasteiger partial charge on any atom is -0.501 e. The molecule has 2 fully saturated rings. The zero-order valence-corrected chi connectivity index (χ0v) is 12.4. The van der Waals surface area contributed by atoms with Gasteiger partial charge in [-0.05, 0) is 74.8 Å². The van der Waals surface area contributed by atoms with E-state index in [-0.39, 0.29) is 0 Å². The Morgan fingerprint density at radius 1 is 1.37 bits per heavy atom. The average Bonchev–Trinajstić information content (AvgIpc) is 3.07. The Morgan fingerprint density at radius 3 is 2.95 bits per heavy atom. The highest BCUT2D eigenvalue weighted by molar-refractivity contribution is 5.11. The van der Waals surface area contributed by atoms with Crippen LogP contribution < -0.4 is 5.32 Å². The van der Waals surface area contributed by atoms with Crippen LogP contribution in [-0.4, -0.2) is 19.2 Å². The molecule has 2 aliphatic carbocycles. The van der Waals surface area contributed by atoms with Crippen LogP contribution in [-0.2, 0) is 4.74 Å². The van der Waals surface area contributed by atoms with Crippen molar-refractivity contribution in [3.63, 3.8) is 0 Å². The fraction of sp³-hybridized carbons (Fsp3) is 0.882. The summed E-state index contributed by atoms with van der Waals surface area (Å²) in [4.78, 5) is 0. The predicted molar refractivity (Wildman–Crippen MR) is 78.9 cm³/mol. The Balaban J connectivity index is 1.60. The molecule has 19 heavy (non-hydrogen) atoms. The second-order valence-electron chi connectivity index (χ2n) is 6.84. The molecule has 1 heterocycles. The van der Waals surface area contributed by atoms with Gasteiger partial charge >= 0.3 is 0 Å². The van der Waals surface area contributed by atoms with Crippen molar-refractivity contribution in [2.24, 2.45) is 17.8 Å². The highest BCUT2D eigenvalue weighted by Gasteiger charge is 2.40. The predicted octanol–water partition coefficient (Wildman–Crippen LogP) is 3.88. The summed E-state index contributed by atoms with van der Waals surface area (Å²) in [5, 5.41) is 3.78. The van der Waals surface area contributed by atoms with Gasteiger partial charge in [-0.25, -0.2) is 0 Å². The van der Waals surface area contributed by atoms with Crippen LogP contribution in [0.2, 0.25) is 0 Å². The number of hydrogen-bond donors (Lipinski definition) is 1. The lowest BCUT2D eigenvalue weighted by Gasteiger charge is -2.30. The molecule has 4 atom stereocenters. The van der Waals surface area contributed by atoms with Crippen LogP contribution in [0.5, 0.6) is 0 Å². The summed E-state index contributed by atoms with van der Waals surface area (Å²) >= 11 is 0. The number of nitrogens with one attached hydrogen (secondary N) is 1. The largest absolute Gasteiger partial charge is 0.501 e. The van der Waals surface area contributed by atoms with Gasteiger partial charge < -0.3 is 10.1 Å². The molecule has 0 aromatic carbocycles. The molecule has 2 nitrogen and oxygen atoms in total. The Hall–Kier alpha value is -0.500. The standard InChI is InChI=1S/C17H29NO/c1-2-7-18-17(15-4-3-8-19-12-15)11-16-10-13-5-6-14(16)9-13/h12-14,16-18H,2-11H2,1H3. The SMILES string of the molecule is CCCNC(CC1CC2CCC1C2)C1=COCCC1. The Labute approximate surface area is 118 Å². The molecule has 0 amide bonds. The highest BCUT2D eigenvalue weighted by Crippen LogP contribution is 2.50. The van der Waals surface area contributed by atoms with Crippen LogP contribution in [0.15, 0.2) is 11.8 Å². The third kappa shape index (κ3) is 3.16. The molecule has 3 rings (SSSR count). The van der Waals surface area contributed by atoms with Crippen molar-refractivity contribution in [1.29, 1.82) is 0 Å². The van der Waals surface area contributed by atoms with Gasteiger partial charge in [0.2, 0.25) is 0 Å². The van der Waals surface area contributed by atoms with E-state index in [1.807, 2.05) is 0 Å². The van der Waals surface area contributed by atoms with E-state index in [4.69, 9.17) is 4.74 Å². The molecule has 4 unspecified atom stereocenters. The Kier molecular flexibility index (Phi) is 4.47. The molecule has 1 aliphatic heterocycles. The lowest BCUT2D eigenvalue weighted by Crippen LogP contribution is -2.35. The first-order valence-corrected chi connectivity index (χ1v) is 8.40. The fourth-order valence-corrected chi connectivity index (χ4v) is 4.49. The van der Waals surface area contributed by atoms with Gasteiger partial charge in [-0.3, -0.25) is 0 Å². The molecule has 3 aliphatic rings. The number of hydrogen-bond acceptors (Lipinski definition) is 2. The summed E-state index contributed by atoms with van der Waals surface area (Å²) < 4.78 is 5.57. The average molecular weight is 263 g/mol. The first-order chi connectivity index (χ1) is 9.36. The Morgan fingerprint density at radius 2 is 2.32 bits per heavy atom. The molecule has 0 aromatic rings. The van der Waals surface area contributed by atoms with E-state index < -0.39 is 0 Å². The zero-order chi connectivity index (χ0) is 13.1. The first-order valence-electron chi connectivity index (χ1n) is 8.40. The maximum absolute atomic E-state index is 5.57. The molecule has 2 saturated carbocycles. The lowest BCUT2D eigenvalue weighted by molar-refractivity contribution is 0.213. The van der Waals surface area contributed by atoms with E-state index in [1.54, 1.807) is 0 Å². The van der Waals surface area contributed by atoms with Crippen LogP contribution in [0.4, 0.5) is 0 Å². The van der Waals surface area contributed by atoms with Crippen molar-refractivity contribution in [3.8, 4) is 0 Å². The van der Waals surface area contributed by atoms with Crippen LogP contribution in [0, 0.1) is 17.8 Å². The third-order valence-corrected chi connectivity index (χ3v) is 5.47. The maximum Gasteiger partial charge on any atom is 0.0876 e. The van der Waals surface area contributed by atoms with Crippen molar-refractivity contribution >= 4 is 0 Å². The molecular weight excluding hydrogens is 234 g/mol. The normalized spacial score (nSPS) is 35.0. The summed E-state index contributed by atoms with van der Waals surface area (Å²) in [6.07, 6.45) is 13.1. The summed E-state index contributed by atoms with van der Waals surface area (Å²) in [7, 11) is 0. The molecular formula is C17H29NO. The number of fused-ring (bicyclic) bond motifs is 2. The second-order valence-corrected chi connectivity index (χ2v) is 6.84. The van der Waals surface area contributed by atoms with Gasteiger partial charge in [-0.1, -0.05) is 13.3 Å². The zero-order valence-electron chi connectivity index (χ0n) is 12.4. The van der Waals surface area contributed by atoms with Gasteiger partial charge in [0.15, 0.2) is 0 Å². The van der Waals surface area contributed by atoms with Crippen LogP contribution in [0.1, 0.15) is 58.3 Å². The van der Waals surface area contributed by atoms with Crippen LogP contribution in [0.25, 0.3) is 0 Å². The van der Waals surface area contributed by atoms with E-state index in [2.05, 4.69) is 18.5 Å². The third-order valence-electron chi connectivity index (χ3n) is 5.47. The summed E-state index contributed by atoms with van der Waals surface area (Å²) in [5.41, 5.74) is 1.53. The summed E-state index contributed by atoms with van der Waals surface area (Å²) in [6.45, 7) is 4.31. The van der Waals surface area contributed by atoms with Gasteiger partial charge in [0.25, 0.3) is 0 Å². The van der Waals surface area contributed by atoms with Gasteiger partial charge in [-0.2, -0.15) is 0 Å². The lowest BCUT2D eigenvalue weighted by atomic mass is 9.82. The summed E-state index contributed by atoms with van der Waals surface area (Å²) in [5.74, 6) is 3.09. The van der Waals surface area contributed by atoms with Crippen LogP contribution >= 0.6 is 0 Å². The molecule has 108 valence electrons. The van der Waals surface area contributed by atoms with Gasteiger partial charge in [-0.15, -0.1) is 0 Å². The van der Waals surface area contributed by atoms with Gasteiger partial charge in [0.05, 0.1) is 12.9 Å². The maximum atomic E-state index is 5.57. The molecule has 2 heteroatoms. The van der Waals surface area contributed by atoms with Gasteiger partial charge in [0, 0.05) is 6.04 Å². The smallest absolute Gasteiger partial charge is 0.0876 e. The van der Waals surface area contributed by atoms with E-state index in [9.17, 15) is 0 Å². The van der Waals surface area contributed by atoms with E-state index in [1.165, 1.54) is 56.9 Å². The molecule has 2 bridgehead atoms. The fourth-order valence-electron chi connectivity index (χ4n) is 4.49. The number of ether oxygens (including phenoxy) is 1. The minimum absolute atomic E-state index is 0.588. The molecule has 0 saturated heterocycles. The van der Waals surface area contributed by atoms with E-state index in [0.29, 0.717) is 6.04 Å². The second kappa shape index (κ2) is 6.30. The van der Waals surface area contributed by atoms with Crippen molar-refractivity contribution in [3.05, 3.63) is 11.8 Å².